The Hall–Kier alpha value is -2.57. The third kappa shape index (κ3) is 3.98. The summed E-state index contributed by atoms with van der Waals surface area (Å²) < 4.78 is 3.46. The first kappa shape index (κ1) is 18.8. The lowest BCUT2D eigenvalue weighted by Crippen LogP contribution is -2.44. The fourth-order valence-electron chi connectivity index (χ4n) is 4.10. The zero-order chi connectivity index (χ0) is 19.3. The lowest BCUT2D eigenvalue weighted by Gasteiger charge is -2.31. The van der Waals surface area contributed by atoms with Gasteiger partial charge in [0, 0.05) is 45.7 Å². The van der Waals surface area contributed by atoms with Gasteiger partial charge in [0.15, 0.2) is 5.96 Å². The largest absolute Gasteiger partial charge is 0.357 e. The second kappa shape index (κ2) is 8.63. The van der Waals surface area contributed by atoms with E-state index in [0.29, 0.717) is 13.1 Å². The lowest BCUT2D eigenvalue weighted by molar-refractivity contribution is 0.378. The third-order valence-corrected chi connectivity index (χ3v) is 5.59. The molecule has 0 amide bonds. The maximum atomic E-state index is 12.4. The van der Waals surface area contributed by atoms with E-state index in [4.69, 9.17) is 4.99 Å². The average Bonchev–Trinajstić information content (AvgIpc) is 3.06. The number of hydrogen-bond acceptors (Lipinski definition) is 3. The van der Waals surface area contributed by atoms with Crippen LogP contribution >= 0.6 is 0 Å². The minimum atomic E-state index is 0.0400. The monoisotopic (exact) mass is 382 g/mol. The molecule has 0 aliphatic carbocycles. The summed E-state index contributed by atoms with van der Waals surface area (Å²) in [6.07, 6.45) is 4.99. The smallest absolute Gasteiger partial charge is 0.345 e. The van der Waals surface area contributed by atoms with E-state index in [0.717, 1.165) is 70.1 Å². The molecule has 1 aromatic carbocycles. The van der Waals surface area contributed by atoms with Crippen molar-refractivity contribution in [2.24, 2.45) is 4.99 Å². The number of benzene rings is 1. The van der Waals surface area contributed by atoms with Crippen LogP contribution in [0.4, 0.5) is 0 Å². The predicted molar refractivity (Wildman–Crippen MR) is 111 cm³/mol. The second-order valence-corrected chi connectivity index (χ2v) is 7.56. The van der Waals surface area contributed by atoms with Crippen LogP contribution in [0.5, 0.6) is 0 Å². The number of guanidine groups is 1. The number of aliphatic imine (C=N–C) groups is 1. The van der Waals surface area contributed by atoms with Gasteiger partial charge in [-0.3, -0.25) is 9.56 Å². The van der Waals surface area contributed by atoms with Gasteiger partial charge in [-0.25, -0.2) is 9.48 Å². The standard InChI is InChI=1S/C21H30N6O/c1-2-22-20(25-15-11-17-8-3-4-9-18(17)16-25)23-12-7-14-27-21(28)26-13-6-5-10-19(26)24-27/h3-4,8-9H,2,5-7,10-16H2,1H3,(H,22,23). The van der Waals surface area contributed by atoms with Gasteiger partial charge in [-0.15, -0.1) is 0 Å². The molecule has 0 fully saturated rings. The van der Waals surface area contributed by atoms with Crippen LogP contribution in [0.1, 0.15) is 43.1 Å². The molecular weight excluding hydrogens is 352 g/mol. The summed E-state index contributed by atoms with van der Waals surface area (Å²) in [4.78, 5) is 19.6. The zero-order valence-corrected chi connectivity index (χ0v) is 16.7. The first-order valence-electron chi connectivity index (χ1n) is 10.5. The average molecular weight is 383 g/mol. The number of nitrogens with one attached hydrogen (secondary N) is 1. The van der Waals surface area contributed by atoms with Crippen LogP contribution in [0.3, 0.4) is 0 Å². The highest BCUT2D eigenvalue weighted by Gasteiger charge is 2.19. The summed E-state index contributed by atoms with van der Waals surface area (Å²) >= 11 is 0. The number of aryl methyl sites for hydroxylation is 2. The van der Waals surface area contributed by atoms with Crippen molar-refractivity contribution in [3.8, 4) is 0 Å². The summed E-state index contributed by atoms with van der Waals surface area (Å²) in [6, 6.07) is 8.65. The van der Waals surface area contributed by atoms with Crippen LogP contribution in [0.25, 0.3) is 0 Å². The van der Waals surface area contributed by atoms with Crippen molar-refractivity contribution >= 4 is 5.96 Å². The molecule has 28 heavy (non-hydrogen) atoms. The molecule has 1 aromatic heterocycles. The van der Waals surface area contributed by atoms with Crippen molar-refractivity contribution in [2.45, 2.75) is 58.7 Å². The van der Waals surface area contributed by atoms with Crippen molar-refractivity contribution in [1.29, 1.82) is 0 Å². The Balaban J connectivity index is 1.37. The minimum Gasteiger partial charge on any atom is -0.357 e. The number of hydrogen-bond donors (Lipinski definition) is 1. The molecule has 0 saturated carbocycles. The van der Waals surface area contributed by atoms with Crippen molar-refractivity contribution in [3.63, 3.8) is 0 Å². The van der Waals surface area contributed by atoms with Crippen molar-refractivity contribution in [3.05, 3.63) is 51.7 Å². The van der Waals surface area contributed by atoms with Crippen LogP contribution < -0.4 is 11.0 Å². The van der Waals surface area contributed by atoms with Crippen LogP contribution in [0.15, 0.2) is 34.1 Å². The Kier molecular flexibility index (Phi) is 5.78. The SMILES string of the molecule is CCNC(=NCCCn1nc2n(c1=O)CCCC2)N1CCc2ccccc2C1. The predicted octanol–water partition coefficient (Wildman–Crippen LogP) is 1.79. The van der Waals surface area contributed by atoms with E-state index < -0.39 is 0 Å². The summed E-state index contributed by atoms with van der Waals surface area (Å²) in [5, 5.41) is 7.93. The molecule has 0 spiro atoms. The van der Waals surface area contributed by atoms with Gasteiger partial charge in [-0.1, -0.05) is 24.3 Å². The zero-order valence-electron chi connectivity index (χ0n) is 16.7. The first-order valence-corrected chi connectivity index (χ1v) is 10.5. The Labute approximate surface area is 166 Å². The minimum absolute atomic E-state index is 0.0400. The van der Waals surface area contributed by atoms with Gasteiger partial charge >= 0.3 is 5.69 Å². The number of fused-ring (bicyclic) bond motifs is 2. The molecule has 0 saturated heterocycles. The Morgan fingerprint density at radius 2 is 2.04 bits per heavy atom. The molecule has 7 nitrogen and oxygen atoms in total. The molecule has 2 aliphatic heterocycles. The molecule has 4 rings (SSSR count). The quantitative estimate of drug-likeness (QED) is 0.486. The molecule has 2 aromatic rings. The molecule has 7 heteroatoms. The van der Waals surface area contributed by atoms with Gasteiger partial charge < -0.3 is 10.2 Å². The summed E-state index contributed by atoms with van der Waals surface area (Å²) in [5.41, 5.74) is 2.87. The van der Waals surface area contributed by atoms with Gasteiger partial charge in [-0.2, -0.15) is 5.10 Å². The molecule has 1 N–H and O–H groups in total. The Morgan fingerprint density at radius 1 is 1.18 bits per heavy atom. The van der Waals surface area contributed by atoms with Crippen molar-refractivity contribution in [1.82, 2.24) is 24.6 Å². The molecule has 0 bridgehead atoms. The van der Waals surface area contributed by atoms with E-state index >= 15 is 0 Å². The summed E-state index contributed by atoms with van der Waals surface area (Å²) in [7, 11) is 0. The number of aromatic nitrogens is 3. The summed E-state index contributed by atoms with van der Waals surface area (Å²) in [5.74, 6) is 1.91. The van der Waals surface area contributed by atoms with E-state index in [1.165, 1.54) is 11.1 Å². The highest BCUT2D eigenvalue weighted by molar-refractivity contribution is 5.80. The molecule has 0 radical (unpaired) electrons. The topological polar surface area (TPSA) is 67.5 Å². The highest BCUT2D eigenvalue weighted by Crippen LogP contribution is 2.18. The van der Waals surface area contributed by atoms with E-state index in [-0.39, 0.29) is 5.69 Å². The highest BCUT2D eigenvalue weighted by atomic mass is 16.2. The van der Waals surface area contributed by atoms with Gasteiger partial charge in [0.25, 0.3) is 0 Å². The van der Waals surface area contributed by atoms with Crippen molar-refractivity contribution in [2.75, 3.05) is 19.6 Å². The van der Waals surface area contributed by atoms with E-state index in [9.17, 15) is 4.79 Å². The molecule has 0 atom stereocenters. The van der Waals surface area contributed by atoms with Crippen molar-refractivity contribution < 1.29 is 0 Å². The number of nitrogens with zero attached hydrogens (tertiary/aromatic N) is 5. The van der Waals surface area contributed by atoms with Gasteiger partial charge in [-0.05, 0) is 43.7 Å². The maximum absolute atomic E-state index is 12.4. The number of rotatable bonds is 5. The summed E-state index contributed by atoms with van der Waals surface area (Å²) in [6.45, 7) is 6.96. The van der Waals surface area contributed by atoms with E-state index in [1.807, 2.05) is 4.57 Å². The van der Waals surface area contributed by atoms with Crippen LogP contribution in [-0.4, -0.2) is 44.8 Å². The third-order valence-electron chi connectivity index (χ3n) is 5.59. The normalized spacial score (nSPS) is 16.6. The van der Waals surface area contributed by atoms with E-state index in [2.05, 4.69) is 46.5 Å². The lowest BCUT2D eigenvalue weighted by atomic mass is 10.0. The maximum Gasteiger partial charge on any atom is 0.345 e. The fourth-order valence-corrected chi connectivity index (χ4v) is 4.10. The van der Waals surface area contributed by atoms with Gasteiger partial charge in [0.1, 0.15) is 5.82 Å². The molecule has 0 unspecified atom stereocenters. The van der Waals surface area contributed by atoms with E-state index in [1.54, 1.807) is 4.68 Å². The second-order valence-electron chi connectivity index (χ2n) is 7.56. The molecule has 2 aliphatic rings. The van der Waals surface area contributed by atoms with Crippen LogP contribution in [0.2, 0.25) is 0 Å². The Bertz CT molecular complexity index is 897. The molecule has 150 valence electrons. The Morgan fingerprint density at radius 3 is 2.86 bits per heavy atom. The van der Waals surface area contributed by atoms with Crippen LogP contribution in [0, 0.1) is 0 Å². The molecular formula is C21H30N6O. The molecule has 3 heterocycles. The van der Waals surface area contributed by atoms with Gasteiger partial charge in [0.05, 0.1) is 0 Å². The fraction of sp³-hybridized carbons (Fsp3) is 0.571. The first-order chi connectivity index (χ1) is 13.8. The van der Waals surface area contributed by atoms with Crippen LogP contribution in [-0.2, 0) is 32.5 Å². The van der Waals surface area contributed by atoms with Gasteiger partial charge in [0.2, 0.25) is 0 Å².